The maximum Gasteiger partial charge on any atom is 0.282 e. The summed E-state index contributed by atoms with van der Waals surface area (Å²) in [4.78, 5) is 26.1. The largest absolute Gasteiger partial charge is 0.383 e. The molecule has 4 rings (SSSR count). The van der Waals surface area contributed by atoms with Crippen molar-refractivity contribution in [2.75, 3.05) is 13.7 Å². The topological polar surface area (TPSA) is 78.2 Å². The van der Waals surface area contributed by atoms with Crippen LogP contribution in [0.4, 0.5) is 0 Å². The van der Waals surface area contributed by atoms with Crippen LogP contribution in [0.3, 0.4) is 0 Å². The third-order valence-electron chi connectivity index (χ3n) is 4.89. The summed E-state index contributed by atoms with van der Waals surface area (Å²) < 4.78 is 8.25. The van der Waals surface area contributed by atoms with Crippen molar-refractivity contribution in [2.24, 2.45) is 0 Å². The molecule has 7 nitrogen and oxygen atoms in total. The average Bonchev–Trinajstić information content (AvgIpc) is 3.13. The number of hydrogen-bond donors (Lipinski definition) is 1. The fourth-order valence-corrected chi connectivity index (χ4v) is 3.40. The lowest BCUT2D eigenvalue weighted by atomic mass is 10.1. The van der Waals surface area contributed by atoms with Crippen LogP contribution in [-0.4, -0.2) is 34.0 Å². The van der Waals surface area contributed by atoms with Gasteiger partial charge in [0, 0.05) is 37.6 Å². The molecular formula is C23H21ClN4O3. The van der Waals surface area contributed by atoms with E-state index in [2.05, 4.69) is 10.4 Å². The molecule has 2 aliphatic heterocycles. The molecule has 0 aromatic heterocycles. The number of benzene rings is 2. The maximum absolute atomic E-state index is 13.1. The Bertz CT molecular complexity index is 1220. The van der Waals surface area contributed by atoms with Gasteiger partial charge < -0.3 is 14.6 Å². The summed E-state index contributed by atoms with van der Waals surface area (Å²) in [5.74, 6) is -0.315. The Balaban J connectivity index is 1.72. The van der Waals surface area contributed by atoms with Crippen LogP contribution < -0.4 is 10.9 Å². The molecule has 1 amide bonds. The molecular weight excluding hydrogens is 416 g/mol. The first-order valence-corrected chi connectivity index (χ1v) is 10.1. The minimum atomic E-state index is -0.315. The van der Waals surface area contributed by atoms with Crippen LogP contribution in [0.1, 0.15) is 15.9 Å². The van der Waals surface area contributed by atoms with E-state index in [-0.39, 0.29) is 11.5 Å². The van der Waals surface area contributed by atoms with E-state index >= 15 is 0 Å². The third-order valence-corrected chi connectivity index (χ3v) is 5.14. The number of carbonyl (C=O) groups excluding carboxylic acids is 1. The van der Waals surface area contributed by atoms with Crippen LogP contribution >= 0.6 is 11.6 Å². The molecule has 1 N–H and O–H groups in total. The first kappa shape index (κ1) is 20.8. The zero-order valence-electron chi connectivity index (χ0n) is 16.9. The van der Waals surface area contributed by atoms with Gasteiger partial charge in [0.05, 0.1) is 23.4 Å². The molecule has 0 radical (unpaired) electrons. The number of aromatic nitrogens is 3. The fourth-order valence-electron chi connectivity index (χ4n) is 3.28. The lowest BCUT2D eigenvalue weighted by Crippen LogP contribution is -2.25. The number of para-hydroxylation sites is 1. The van der Waals surface area contributed by atoms with Gasteiger partial charge in [0.2, 0.25) is 0 Å². The first-order valence-electron chi connectivity index (χ1n) is 9.76. The number of rotatable bonds is 7. The average molecular weight is 437 g/mol. The number of hydrogen-bond acceptors (Lipinski definition) is 4. The van der Waals surface area contributed by atoms with Crippen molar-refractivity contribution >= 4 is 17.5 Å². The summed E-state index contributed by atoms with van der Waals surface area (Å²) in [5, 5.41) is 8.01. The maximum atomic E-state index is 13.1. The number of ether oxygens (including phenoxy) is 1. The number of fused-ring (bicyclic) bond motifs is 1. The summed E-state index contributed by atoms with van der Waals surface area (Å²) in [6.07, 6.45) is 3.40. The minimum absolute atomic E-state index is 0.278. The van der Waals surface area contributed by atoms with Gasteiger partial charge in [0.15, 0.2) is 0 Å². The van der Waals surface area contributed by atoms with Gasteiger partial charge >= 0.3 is 0 Å². The minimum Gasteiger partial charge on any atom is -0.383 e. The van der Waals surface area contributed by atoms with Crippen molar-refractivity contribution in [3.8, 4) is 16.9 Å². The smallest absolute Gasteiger partial charge is 0.282 e. The van der Waals surface area contributed by atoms with E-state index in [4.69, 9.17) is 16.3 Å². The Morgan fingerprint density at radius 3 is 2.55 bits per heavy atom. The second-order valence-corrected chi connectivity index (χ2v) is 7.46. The van der Waals surface area contributed by atoms with Crippen molar-refractivity contribution in [1.82, 2.24) is 19.7 Å². The number of pyridine rings is 1. The molecule has 2 aliphatic rings. The third kappa shape index (κ3) is 4.52. The molecule has 0 bridgehead atoms. The van der Waals surface area contributed by atoms with E-state index < -0.39 is 0 Å². The number of methoxy groups -OCH3 is 1. The summed E-state index contributed by atoms with van der Waals surface area (Å²) >= 11 is 5.92. The standard InChI is InChI=1S/C23H21ClN4O3/c1-31-12-11-27-14-19(22(29)25-13-16-7-9-17(24)10-8-16)21-20(15-27)23(30)28(26-21)18-5-3-2-4-6-18/h2-10,14-15H,11-13H2,1H3,(H,25,29). The SMILES string of the molecule is COCCn1cc(C(=O)NCc2ccc(Cl)cc2)c2nn(-c3ccccc3)c(=O)c-2c1. The predicted molar refractivity (Wildman–Crippen MR) is 119 cm³/mol. The molecule has 0 spiro atoms. The highest BCUT2D eigenvalue weighted by Crippen LogP contribution is 2.22. The second-order valence-electron chi connectivity index (χ2n) is 7.03. The Morgan fingerprint density at radius 2 is 1.84 bits per heavy atom. The number of amides is 1. The highest BCUT2D eigenvalue weighted by molar-refractivity contribution is 6.30. The normalized spacial score (nSPS) is 11.0. The Morgan fingerprint density at radius 1 is 1.10 bits per heavy atom. The molecule has 0 saturated carbocycles. The second kappa shape index (κ2) is 9.16. The van der Waals surface area contributed by atoms with E-state index in [1.165, 1.54) is 4.68 Å². The molecule has 8 heteroatoms. The highest BCUT2D eigenvalue weighted by Gasteiger charge is 2.24. The van der Waals surface area contributed by atoms with Crippen LogP contribution in [0.15, 0.2) is 71.8 Å². The van der Waals surface area contributed by atoms with Gasteiger partial charge in [0.1, 0.15) is 5.69 Å². The van der Waals surface area contributed by atoms with Crippen LogP contribution in [0.5, 0.6) is 0 Å². The quantitative estimate of drug-likeness (QED) is 0.482. The van der Waals surface area contributed by atoms with Crippen molar-refractivity contribution < 1.29 is 9.53 Å². The predicted octanol–water partition coefficient (Wildman–Crippen LogP) is 3.37. The van der Waals surface area contributed by atoms with Crippen molar-refractivity contribution in [3.63, 3.8) is 0 Å². The molecule has 2 aromatic rings. The van der Waals surface area contributed by atoms with Gasteiger partial charge in [-0.25, -0.2) is 0 Å². The van der Waals surface area contributed by atoms with E-state index in [1.807, 2.05) is 30.3 Å². The van der Waals surface area contributed by atoms with Gasteiger partial charge in [0.25, 0.3) is 11.5 Å². The Labute approximate surface area is 184 Å². The van der Waals surface area contributed by atoms with Crippen LogP contribution in [-0.2, 0) is 17.8 Å². The van der Waals surface area contributed by atoms with Crippen molar-refractivity contribution in [3.05, 3.63) is 93.5 Å². The van der Waals surface area contributed by atoms with E-state index in [0.29, 0.717) is 47.2 Å². The molecule has 31 heavy (non-hydrogen) atoms. The summed E-state index contributed by atoms with van der Waals surface area (Å²) in [6, 6.07) is 16.4. The molecule has 0 fully saturated rings. The van der Waals surface area contributed by atoms with Crippen LogP contribution in [0.25, 0.3) is 16.9 Å². The van der Waals surface area contributed by atoms with Gasteiger partial charge in [-0.15, -0.1) is 0 Å². The van der Waals surface area contributed by atoms with Crippen molar-refractivity contribution in [1.29, 1.82) is 0 Å². The van der Waals surface area contributed by atoms with E-state index in [0.717, 1.165) is 5.56 Å². The van der Waals surface area contributed by atoms with Gasteiger partial charge in [-0.1, -0.05) is 41.9 Å². The molecule has 158 valence electrons. The highest BCUT2D eigenvalue weighted by atomic mass is 35.5. The van der Waals surface area contributed by atoms with Crippen LogP contribution in [0.2, 0.25) is 5.02 Å². The zero-order chi connectivity index (χ0) is 21.8. The molecule has 0 saturated heterocycles. The Hall–Kier alpha value is -3.42. The lowest BCUT2D eigenvalue weighted by Gasteiger charge is -2.12. The fraction of sp³-hybridized carbons (Fsp3) is 0.174. The van der Waals surface area contributed by atoms with Crippen LogP contribution in [0, 0.1) is 0 Å². The number of nitrogens with one attached hydrogen (secondary N) is 1. The summed E-state index contributed by atoms with van der Waals surface area (Å²) in [5.41, 5.74) is 2.33. The van der Waals surface area contributed by atoms with E-state index in [1.54, 1.807) is 48.3 Å². The van der Waals surface area contributed by atoms with Gasteiger partial charge in [-0.3, -0.25) is 9.59 Å². The monoisotopic (exact) mass is 436 g/mol. The van der Waals surface area contributed by atoms with Crippen molar-refractivity contribution in [2.45, 2.75) is 13.1 Å². The summed E-state index contributed by atoms with van der Waals surface area (Å²) in [6.45, 7) is 1.27. The summed E-state index contributed by atoms with van der Waals surface area (Å²) in [7, 11) is 1.60. The van der Waals surface area contributed by atoms with Gasteiger partial charge in [-0.05, 0) is 29.8 Å². The molecule has 0 atom stereocenters. The molecule has 2 heterocycles. The van der Waals surface area contributed by atoms with E-state index in [9.17, 15) is 9.59 Å². The van der Waals surface area contributed by atoms with Gasteiger partial charge in [-0.2, -0.15) is 9.78 Å². The lowest BCUT2D eigenvalue weighted by molar-refractivity contribution is 0.0950. The molecule has 0 unspecified atom stereocenters. The number of halogens is 1. The Kier molecular flexibility index (Phi) is 6.16. The molecule has 0 aliphatic carbocycles. The molecule has 2 aromatic carbocycles. The number of nitrogens with zero attached hydrogens (tertiary/aromatic N) is 3. The number of carbonyl (C=O) groups is 1. The zero-order valence-corrected chi connectivity index (χ0v) is 17.7. The first-order chi connectivity index (χ1) is 15.1.